The summed E-state index contributed by atoms with van der Waals surface area (Å²) in [7, 11) is 0. The Hall–Kier alpha value is -0.750. The summed E-state index contributed by atoms with van der Waals surface area (Å²) in [5.74, 6) is -0.0904. The summed E-state index contributed by atoms with van der Waals surface area (Å²) >= 11 is 8.73. The number of carbonyl (C=O) groups is 1. The van der Waals surface area contributed by atoms with Gasteiger partial charge in [0.15, 0.2) is 0 Å². The third-order valence-electron chi connectivity index (χ3n) is 3.58. The average Bonchev–Trinajstić information content (AvgIpc) is 2.45. The van der Waals surface area contributed by atoms with Gasteiger partial charge in [0.25, 0.3) is 5.91 Å². The van der Waals surface area contributed by atoms with Crippen LogP contribution in [0.1, 0.15) is 35.2 Å². The SMILES string of the molecule is O=C(c1ccc(Br)c(C(F)(F)F)c1)N1CCCCC1CCl. The molecule has 1 unspecified atom stereocenters. The summed E-state index contributed by atoms with van der Waals surface area (Å²) in [5.41, 5.74) is -0.796. The number of rotatable bonds is 2. The fraction of sp³-hybridized carbons (Fsp3) is 0.500. The van der Waals surface area contributed by atoms with Crippen molar-refractivity contribution in [3.05, 3.63) is 33.8 Å². The van der Waals surface area contributed by atoms with Crippen LogP contribution < -0.4 is 0 Å². The first-order valence-electron chi connectivity index (χ1n) is 6.58. The standard InChI is InChI=1S/C14H14BrClF3NO/c15-12-5-4-9(7-11(12)14(17,18)19)13(21)20-6-2-1-3-10(20)8-16/h4-5,7,10H,1-3,6,8H2. The Bertz CT molecular complexity index is 535. The van der Waals surface area contributed by atoms with Crippen molar-refractivity contribution in [1.29, 1.82) is 0 Å². The summed E-state index contributed by atoms with van der Waals surface area (Å²) in [6.45, 7) is 0.535. The van der Waals surface area contributed by atoms with Crippen molar-refractivity contribution >= 4 is 33.4 Å². The monoisotopic (exact) mass is 383 g/mol. The van der Waals surface area contributed by atoms with Crippen molar-refractivity contribution in [2.45, 2.75) is 31.5 Å². The molecule has 1 aromatic carbocycles. The van der Waals surface area contributed by atoms with E-state index in [2.05, 4.69) is 15.9 Å². The Balaban J connectivity index is 2.31. The number of nitrogens with zero attached hydrogens (tertiary/aromatic N) is 1. The molecule has 0 aromatic heterocycles. The van der Waals surface area contributed by atoms with Crippen LogP contribution in [-0.2, 0) is 6.18 Å². The minimum atomic E-state index is -4.50. The van der Waals surface area contributed by atoms with Crippen LogP contribution in [0, 0.1) is 0 Å². The van der Waals surface area contributed by atoms with Crippen LogP contribution in [0.2, 0.25) is 0 Å². The van der Waals surface area contributed by atoms with Crippen molar-refractivity contribution in [2.75, 3.05) is 12.4 Å². The Morgan fingerprint density at radius 3 is 2.71 bits per heavy atom. The van der Waals surface area contributed by atoms with Crippen molar-refractivity contribution in [1.82, 2.24) is 4.90 Å². The van der Waals surface area contributed by atoms with Gasteiger partial charge in [0.2, 0.25) is 0 Å². The van der Waals surface area contributed by atoms with Crippen LogP contribution in [0.4, 0.5) is 13.2 Å². The average molecular weight is 385 g/mol. The molecule has 1 amide bonds. The van der Waals surface area contributed by atoms with E-state index in [-0.39, 0.29) is 16.1 Å². The lowest BCUT2D eigenvalue weighted by Gasteiger charge is -2.34. The molecule has 0 aliphatic carbocycles. The summed E-state index contributed by atoms with van der Waals surface area (Å²) in [6.07, 6.45) is -1.88. The van der Waals surface area contributed by atoms with E-state index in [1.54, 1.807) is 4.90 Å². The highest BCUT2D eigenvalue weighted by Gasteiger charge is 2.34. The van der Waals surface area contributed by atoms with E-state index in [4.69, 9.17) is 11.6 Å². The van der Waals surface area contributed by atoms with E-state index in [1.807, 2.05) is 0 Å². The number of amides is 1. The van der Waals surface area contributed by atoms with E-state index in [1.165, 1.54) is 12.1 Å². The van der Waals surface area contributed by atoms with E-state index in [9.17, 15) is 18.0 Å². The molecule has 1 aliphatic rings. The fourth-order valence-corrected chi connectivity index (χ4v) is 3.26. The molecule has 1 aromatic rings. The molecule has 1 saturated heterocycles. The van der Waals surface area contributed by atoms with Gasteiger partial charge < -0.3 is 4.90 Å². The largest absolute Gasteiger partial charge is 0.417 e. The molecule has 116 valence electrons. The van der Waals surface area contributed by atoms with Gasteiger partial charge in [-0.3, -0.25) is 4.79 Å². The van der Waals surface area contributed by atoms with Crippen LogP contribution >= 0.6 is 27.5 Å². The maximum Gasteiger partial charge on any atom is 0.417 e. The van der Waals surface area contributed by atoms with Gasteiger partial charge in [-0.1, -0.05) is 15.9 Å². The predicted molar refractivity (Wildman–Crippen MR) is 78.5 cm³/mol. The Labute approximate surface area is 134 Å². The molecular weight excluding hydrogens is 371 g/mol. The molecular formula is C14H14BrClF3NO. The molecule has 1 atom stereocenters. The van der Waals surface area contributed by atoms with Crippen molar-refractivity contribution < 1.29 is 18.0 Å². The molecule has 21 heavy (non-hydrogen) atoms. The second-order valence-electron chi connectivity index (χ2n) is 4.99. The molecule has 2 rings (SSSR count). The van der Waals surface area contributed by atoms with E-state index in [0.717, 1.165) is 25.3 Å². The third kappa shape index (κ3) is 3.72. The minimum absolute atomic E-state index is 0.0440. The van der Waals surface area contributed by atoms with E-state index >= 15 is 0 Å². The molecule has 1 fully saturated rings. The van der Waals surface area contributed by atoms with Crippen LogP contribution in [-0.4, -0.2) is 29.3 Å². The van der Waals surface area contributed by atoms with Crippen molar-refractivity contribution in [3.63, 3.8) is 0 Å². The second-order valence-corrected chi connectivity index (χ2v) is 6.16. The summed E-state index contributed by atoms with van der Waals surface area (Å²) in [6, 6.07) is 3.45. The highest BCUT2D eigenvalue weighted by Crippen LogP contribution is 2.35. The normalized spacial score (nSPS) is 19.7. The zero-order valence-corrected chi connectivity index (χ0v) is 13.4. The van der Waals surface area contributed by atoms with Gasteiger partial charge in [-0.25, -0.2) is 0 Å². The van der Waals surface area contributed by atoms with E-state index in [0.29, 0.717) is 12.4 Å². The number of carbonyl (C=O) groups excluding carboxylic acids is 1. The smallest absolute Gasteiger partial charge is 0.334 e. The molecule has 0 bridgehead atoms. The van der Waals surface area contributed by atoms with Crippen LogP contribution in [0.25, 0.3) is 0 Å². The maximum atomic E-state index is 12.9. The van der Waals surface area contributed by atoms with Crippen molar-refractivity contribution in [3.8, 4) is 0 Å². The number of alkyl halides is 4. The maximum absolute atomic E-state index is 12.9. The molecule has 0 N–H and O–H groups in total. The molecule has 0 radical (unpaired) electrons. The predicted octanol–water partition coefficient (Wildman–Crippen LogP) is 4.70. The summed E-state index contributed by atoms with van der Waals surface area (Å²) < 4.78 is 38.6. The topological polar surface area (TPSA) is 20.3 Å². The van der Waals surface area contributed by atoms with Crippen LogP contribution in [0.15, 0.2) is 22.7 Å². The van der Waals surface area contributed by atoms with Gasteiger partial charge in [-0.05, 0) is 37.5 Å². The Morgan fingerprint density at radius 2 is 2.10 bits per heavy atom. The second kappa shape index (κ2) is 6.57. The first-order chi connectivity index (χ1) is 9.84. The Kier molecular flexibility index (Phi) is 5.20. The van der Waals surface area contributed by atoms with E-state index < -0.39 is 17.6 Å². The number of hydrogen-bond donors (Lipinski definition) is 0. The first kappa shape index (κ1) is 16.6. The van der Waals surface area contributed by atoms with Crippen LogP contribution in [0.5, 0.6) is 0 Å². The lowest BCUT2D eigenvalue weighted by atomic mass is 10.0. The van der Waals surface area contributed by atoms with Gasteiger partial charge in [0, 0.05) is 28.5 Å². The number of piperidine rings is 1. The quantitative estimate of drug-likeness (QED) is 0.677. The zero-order valence-electron chi connectivity index (χ0n) is 11.1. The lowest BCUT2D eigenvalue weighted by Crippen LogP contribution is -2.44. The molecule has 7 heteroatoms. The number of halogens is 5. The molecule has 2 nitrogen and oxygen atoms in total. The fourth-order valence-electron chi connectivity index (χ4n) is 2.47. The van der Waals surface area contributed by atoms with Gasteiger partial charge in [-0.15, -0.1) is 11.6 Å². The highest BCUT2D eigenvalue weighted by molar-refractivity contribution is 9.10. The summed E-state index contributed by atoms with van der Waals surface area (Å²) in [4.78, 5) is 14.0. The van der Waals surface area contributed by atoms with Crippen molar-refractivity contribution in [2.24, 2.45) is 0 Å². The highest BCUT2D eigenvalue weighted by atomic mass is 79.9. The van der Waals surface area contributed by atoms with Gasteiger partial charge in [-0.2, -0.15) is 13.2 Å². The number of hydrogen-bond acceptors (Lipinski definition) is 1. The number of benzene rings is 1. The molecule has 1 aliphatic heterocycles. The third-order valence-corrected chi connectivity index (χ3v) is 4.63. The zero-order chi connectivity index (χ0) is 15.6. The summed E-state index contributed by atoms with van der Waals surface area (Å²) in [5, 5.41) is 0. The van der Waals surface area contributed by atoms with Gasteiger partial charge in [0.05, 0.1) is 5.56 Å². The van der Waals surface area contributed by atoms with Gasteiger partial charge >= 0.3 is 6.18 Å². The van der Waals surface area contributed by atoms with Gasteiger partial charge in [0.1, 0.15) is 0 Å². The van der Waals surface area contributed by atoms with Crippen LogP contribution in [0.3, 0.4) is 0 Å². The number of likely N-dealkylation sites (tertiary alicyclic amines) is 1. The first-order valence-corrected chi connectivity index (χ1v) is 7.91. The molecule has 0 spiro atoms. The minimum Gasteiger partial charge on any atom is -0.334 e. The Morgan fingerprint density at radius 1 is 1.38 bits per heavy atom. The molecule has 0 saturated carbocycles. The molecule has 1 heterocycles. The lowest BCUT2D eigenvalue weighted by molar-refractivity contribution is -0.138.